The molecule has 0 atom stereocenters. The predicted octanol–water partition coefficient (Wildman–Crippen LogP) is 2.01. The minimum atomic E-state index is 0.616. The van der Waals surface area contributed by atoms with Crippen molar-refractivity contribution >= 4 is 5.82 Å². The summed E-state index contributed by atoms with van der Waals surface area (Å²) in [6.45, 7) is 0. The molecule has 0 aliphatic heterocycles. The summed E-state index contributed by atoms with van der Waals surface area (Å²) < 4.78 is 0. The average molecular weight is 162 g/mol. The van der Waals surface area contributed by atoms with Crippen molar-refractivity contribution in [1.29, 1.82) is 0 Å². The van der Waals surface area contributed by atoms with Crippen LogP contribution in [0, 0.1) is 5.92 Å². The first-order chi connectivity index (χ1) is 5.84. The van der Waals surface area contributed by atoms with E-state index >= 15 is 0 Å². The summed E-state index contributed by atoms with van der Waals surface area (Å²) in [4.78, 5) is 4.06. The molecule has 1 fully saturated rings. The molecule has 0 radical (unpaired) electrons. The normalized spacial score (nSPS) is 16.3. The second-order valence-corrected chi connectivity index (χ2v) is 3.57. The minimum Gasteiger partial charge on any atom is -0.384 e. The largest absolute Gasteiger partial charge is 0.384 e. The number of pyridine rings is 1. The van der Waals surface area contributed by atoms with Gasteiger partial charge in [0.05, 0.1) is 0 Å². The Morgan fingerprint density at radius 2 is 2.25 bits per heavy atom. The van der Waals surface area contributed by atoms with Gasteiger partial charge in [-0.25, -0.2) is 4.98 Å². The lowest BCUT2D eigenvalue weighted by Gasteiger charge is -1.99. The second kappa shape index (κ2) is 3.13. The lowest BCUT2D eigenvalue weighted by molar-refractivity contribution is 0.725. The van der Waals surface area contributed by atoms with Crippen LogP contribution in [0.4, 0.5) is 5.82 Å². The maximum Gasteiger partial charge on any atom is 0.123 e. The van der Waals surface area contributed by atoms with Crippen LogP contribution >= 0.6 is 0 Å². The fourth-order valence-electron chi connectivity index (χ4n) is 1.36. The molecule has 1 heterocycles. The molecule has 0 bridgehead atoms. The molecule has 12 heavy (non-hydrogen) atoms. The predicted molar refractivity (Wildman–Crippen MR) is 49.7 cm³/mol. The van der Waals surface area contributed by atoms with Crippen molar-refractivity contribution in [3.05, 3.63) is 23.9 Å². The first-order valence-electron chi connectivity index (χ1n) is 4.55. The van der Waals surface area contributed by atoms with E-state index in [4.69, 9.17) is 5.73 Å². The van der Waals surface area contributed by atoms with Crippen LogP contribution in [0.5, 0.6) is 0 Å². The standard InChI is InChI=1S/C10H14N2/c11-10-6-5-9(7-12-10)4-3-8-1-2-8/h5-8H,1-4H2,(H2,11,12). The lowest BCUT2D eigenvalue weighted by atomic mass is 10.1. The van der Waals surface area contributed by atoms with Gasteiger partial charge in [-0.15, -0.1) is 0 Å². The second-order valence-electron chi connectivity index (χ2n) is 3.57. The molecule has 0 amide bonds. The van der Waals surface area contributed by atoms with Gasteiger partial charge in [-0.1, -0.05) is 18.9 Å². The molecule has 2 N–H and O–H groups in total. The highest BCUT2D eigenvalue weighted by atomic mass is 14.8. The molecule has 2 rings (SSSR count). The third-order valence-electron chi connectivity index (χ3n) is 2.39. The van der Waals surface area contributed by atoms with Crippen LogP contribution in [-0.2, 0) is 6.42 Å². The van der Waals surface area contributed by atoms with Crippen LogP contribution in [-0.4, -0.2) is 4.98 Å². The Bertz CT molecular complexity index is 249. The summed E-state index contributed by atoms with van der Waals surface area (Å²) in [5, 5.41) is 0. The van der Waals surface area contributed by atoms with Crippen molar-refractivity contribution in [1.82, 2.24) is 4.98 Å². The Labute approximate surface area is 72.8 Å². The summed E-state index contributed by atoms with van der Waals surface area (Å²) >= 11 is 0. The summed E-state index contributed by atoms with van der Waals surface area (Å²) in [7, 11) is 0. The number of nitrogen functional groups attached to an aromatic ring is 1. The molecule has 1 saturated carbocycles. The Morgan fingerprint density at radius 1 is 1.42 bits per heavy atom. The molecule has 1 aliphatic rings. The van der Waals surface area contributed by atoms with Crippen LogP contribution in [0.3, 0.4) is 0 Å². The summed E-state index contributed by atoms with van der Waals surface area (Å²) in [6.07, 6.45) is 7.24. The first-order valence-corrected chi connectivity index (χ1v) is 4.55. The highest BCUT2D eigenvalue weighted by Gasteiger charge is 2.20. The van der Waals surface area contributed by atoms with Crippen LogP contribution in [0.15, 0.2) is 18.3 Å². The molecule has 64 valence electrons. The van der Waals surface area contributed by atoms with Crippen molar-refractivity contribution in [3.8, 4) is 0 Å². The van der Waals surface area contributed by atoms with Crippen molar-refractivity contribution in [2.24, 2.45) is 5.92 Å². The zero-order valence-corrected chi connectivity index (χ0v) is 7.16. The lowest BCUT2D eigenvalue weighted by Crippen LogP contribution is -1.92. The number of rotatable bonds is 3. The van der Waals surface area contributed by atoms with Gasteiger partial charge in [-0.3, -0.25) is 0 Å². The number of aromatic nitrogens is 1. The minimum absolute atomic E-state index is 0.616. The van der Waals surface area contributed by atoms with Crippen molar-refractivity contribution < 1.29 is 0 Å². The smallest absolute Gasteiger partial charge is 0.123 e. The first kappa shape index (κ1) is 7.59. The number of aryl methyl sites for hydroxylation is 1. The Morgan fingerprint density at radius 3 is 2.83 bits per heavy atom. The Balaban J connectivity index is 1.89. The summed E-state index contributed by atoms with van der Waals surface area (Å²) in [5.74, 6) is 1.62. The fraction of sp³-hybridized carbons (Fsp3) is 0.500. The third-order valence-corrected chi connectivity index (χ3v) is 2.39. The molecule has 1 aliphatic carbocycles. The molecule has 1 aromatic heterocycles. The summed E-state index contributed by atoms with van der Waals surface area (Å²) in [6, 6.07) is 3.95. The van der Waals surface area contributed by atoms with E-state index in [9.17, 15) is 0 Å². The molecule has 2 nitrogen and oxygen atoms in total. The van der Waals surface area contributed by atoms with Gasteiger partial charge in [0.25, 0.3) is 0 Å². The van der Waals surface area contributed by atoms with Gasteiger partial charge in [-0.05, 0) is 30.4 Å². The SMILES string of the molecule is Nc1ccc(CCC2CC2)cn1. The van der Waals surface area contributed by atoms with Gasteiger partial charge in [0.15, 0.2) is 0 Å². The van der Waals surface area contributed by atoms with E-state index in [1.54, 1.807) is 0 Å². The Hall–Kier alpha value is -1.05. The molecular weight excluding hydrogens is 148 g/mol. The van der Waals surface area contributed by atoms with Crippen LogP contribution in [0.25, 0.3) is 0 Å². The van der Waals surface area contributed by atoms with E-state index in [0.717, 1.165) is 12.3 Å². The van der Waals surface area contributed by atoms with Gasteiger partial charge >= 0.3 is 0 Å². The van der Waals surface area contributed by atoms with E-state index in [0.29, 0.717) is 5.82 Å². The van der Waals surface area contributed by atoms with Crippen LogP contribution in [0.2, 0.25) is 0 Å². The van der Waals surface area contributed by atoms with E-state index in [1.807, 2.05) is 12.3 Å². The monoisotopic (exact) mass is 162 g/mol. The molecule has 0 spiro atoms. The highest BCUT2D eigenvalue weighted by Crippen LogP contribution is 2.33. The molecular formula is C10H14N2. The number of nitrogens with zero attached hydrogens (tertiary/aromatic N) is 1. The van der Waals surface area contributed by atoms with E-state index in [-0.39, 0.29) is 0 Å². The molecule has 0 unspecified atom stereocenters. The Kier molecular flexibility index (Phi) is 1.98. The van der Waals surface area contributed by atoms with E-state index in [2.05, 4.69) is 11.1 Å². The van der Waals surface area contributed by atoms with E-state index < -0.39 is 0 Å². The van der Waals surface area contributed by atoms with Gasteiger partial charge in [0.2, 0.25) is 0 Å². The zero-order valence-electron chi connectivity index (χ0n) is 7.16. The molecule has 0 saturated heterocycles. The van der Waals surface area contributed by atoms with Crippen LogP contribution < -0.4 is 5.73 Å². The highest BCUT2D eigenvalue weighted by molar-refractivity contribution is 5.29. The average Bonchev–Trinajstić information content (AvgIpc) is 2.87. The fourth-order valence-corrected chi connectivity index (χ4v) is 1.36. The molecule has 1 aromatic rings. The van der Waals surface area contributed by atoms with Crippen LogP contribution in [0.1, 0.15) is 24.8 Å². The molecule has 0 aromatic carbocycles. The number of hydrogen-bond acceptors (Lipinski definition) is 2. The van der Waals surface area contributed by atoms with Gasteiger partial charge in [0, 0.05) is 6.20 Å². The van der Waals surface area contributed by atoms with E-state index in [1.165, 1.54) is 24.8 Å². The van der Waals surface area contributed by atoms with Gasteiger partial charge in [0.1, 0.15) is 5.82 Å². The zero-order chi connectivity index (χ0) is 8.39. The van der Waals surface area contributed by atoms with Crippen molar-refractivity contribution in [2.75, 3.05) is 5.73 Å². The maximum atomic E-state index is 5.48. The summed E-state index contributed by atoms with van der Waals surface area (Å²) in [5.41, 5.74) is 6.80. The van der Waals surface area contributed by atoms with Crippen molar-refractivity contribution in [2.45, 2.75) is 25.7 Å². The third kappa shape index (κ3) is 1.97. The quantitative estimate of drug-likeness (QED) is 0.738. The van der Waals surface area contributed by atoms with Crippen molar-refractivity contribution in [3.63, 3.8) is 0 Å². The molecule has 2 heteroatoms. The topological polar surface area (TPSA) is 38.9 Å². The van der Waals surface area contributed by atoms with Gasteiger partial charge < -0.3 is 5.73 Å². The maximum absolute atomic E-state index is 5.48. The van der Waals surface area contributed by atoms with Gasteiger partial charge in [-0.2, -0.15) is 0 Å². The number of anilines is 1. The number of hydrogen-bond donors (Lipinski definition) is 1. The number of nitrogens with two attached hydrogens (primary N) is 1.